The lowest BCUT2D eigenvalue weighted by Gasteiger charge is -2.03. The van der Waals surface area contributed by atoms with Crippen LogP contribution < -0.4 is 5.32 Å². The SMILES string of the molecule is Cc1cc(C(=O)C(=O)NC2CC2)ccc1F. The Hall–Kier alpha value is -1.71. The number of aryl methyl sites for hydroxylation is 1. The number of halogens is 1. The summed E-state index contributed by atoms with van der Waals surface area (Å²) in [7, 11) is 0. The lowest BCUT2D eigenvalue weighted by Crippen LogP contribution is -2.32. The zero-order valence-electron chi connectivity index (χ0n) is 8.92. The minimum absolute atomic E-state index is 0.151. The molecule has 0 radical (unpaired) electrons. The van der Waals surface area contributed by atoms with Crippen LogP contribution in [0, 0.1) is 12.7 Å². The predicted molar refractivity (Wildman–Crippen MR) is 56.6 cm³/mol. The van der Waals surface area contributed by atoms with Gasteiger partial charge in [-0.1, -0.05) is 0 Å². The summed E-state index contributed by atoms with van der Waals surface area (Å²) >= 11 is 0. The molecule has 0 aliphatic heterocycles. The number of Topliss-reactive ketones (excluding diaryl/α,β-unsaturated/α-hetero) is 1. The third-order valence-corrected chi connectivity index (χ3v) is 2.54. The van der Waals surface area contributed by atoms with Crippen molar-refractivity contribution >= 4 is 11.7 Å². The van der Waals surface area contributed by atoms with Gasteiger partial charge in [0.25, 0.3) is 5.91 Å². The molecule has 0 atom stereocenters. The van der Waals surface area contributed by atoms with Gasteiger partial charge in [-0.3, -0.25) is 9.59 Å². The summed E-state index contributed by atoms with van der Waals surface area (Å²) in [6, 6.07) is 4.08. The lowest BCUT2D eigenvalue weighted by molar-refractivity contribution is -0.117. The minimum Gasteiger partial charge on any atom is -0.346 e. The van der Waals surface area contributed by atoms with E-state index in [1.54, 1.807) is 6.92 Å². The fraction of sp³-hybridized carbons (Fsp3) is 0.333. The van der Waals surface area contributed by atoms with Gasteiger partial charge in [-0.15, -0.1) is 0 Å². The van der Waals surface area contributed by atoms with Gasteiger partial charge in [0.05, 0.1) is 0 Å². The first-order valence-corrected chi connectivity index (χ1v) is 5.19. The van der Waals surface area contributed by atoms with Gasteiger partial charge in [0.15, 0.2) is 0 Å². The molecule has 1 saturated carbocycles. The fourth-order valence-corrected chi connectivity index (χ4v) is 1.40. The van der Waals surface area contributed by atoms with Crippen LogP contribution in [0.15, 0.2) is 18.2 Å². The van der Waals surface area contributed by atoms with E-state index >= 15 is 0 Å². The van der Waals surface area contributed by atoms with Crippen molar-refractivity contribution < 1.29 is 14.0 Å². The Labute approximate surface area is 92.7 Å². The fourth-order valence-electron chi connectivity index (χ4n) is 1.40. The molecule has 1 aliphatic carbocycles. The van der Waals surface area contributed by atoms with Gasteiger partial charge in [0.1, 0.15) is 5.82 Å². The normalized spacial score (nSPS) is 14.6. The second-order valence-corrected chi connectivity index (χ2v) is 4.04. The van der Waals surface area contributed by atoms with E-state index in [9.17, 15) is 14.0 Å². The number of hydrogen-bond acceptors (Lipinski definition) is 2. The largest absolute Gasteiger partial charge is 0.346 e. The van der Waals surface area contributed by atoms with Crippen LogP contribution in [0.1, 0.15) is 28.8 Å². The first-order chi connectivity index (χ1) is 7.58. The van der Waals surface area contributed by atoms with Crippen LogP contribution >= 0.6 is 0 Å². The van der Waals surface area contributed by atoms with Gasteiger partial charge in [0.2, 0.25) is 5.78 Å². The van der Waals surface area contributed by atoms with Crippen molar-refractivity contribution in [1.29, 1.82) is 0 Å². The molecule has 0 bridgehead atoms. The third-order valence-electron chi connectivity index (χ3n) is 2.54. The smallest absolute Gasteiger partial charge is 0.292 e. The second kappa shape index (κ2) is 4.04. The van der Waals surface area contributed by atoms with Gasteiger partial charge in [0, 0.05) is 11.6 Å². The highest BCUT2D eigenvalue weighted by molar-refractivity contribution is 6.42. The van der Waals surface area contributed by atoms with Crippen LogP contribution in [-0.2, 0) is 4.79 Å². The van der Waals surface area contributed by atoms with Crippen LogP contribution in [-0.4, -0.2) is 17.7 Å². The Morgan fingerprint density at radius 3 is 2.62 bits per heavy atom. The van der Waals surface area contributed by atoms with Crippen molar-refractivity contribution in [3.8, 4) is 0 Å². The summed E-state index contributed by atoms with van der Waals surface area (Å²) in [5.74, 6) is -1.58. The molecule has 1 aromatic carbocycles. The highest BCUT2D eigenvalue weighted by Gasteiger charge is 2.26. The topological polar surface area (TPSA) is 46.2 Å². The maximum absolute atomic E-state index is 13.0. The summed E-state index contributed by atoms with van der Waals surface area (Å²) in [5, 5.41) is 2.60. The highest BCUT2D eigenvalue weighted by Crippen LogP contribution is 2.19. The first kappa shape index (κ1) is 10.8. The van der Waals surface area contributed by atoms with Crippen molar-refractivity contribution in [2.24, 2.45) is 0 Å². The van der Waals surface area contributed by atoms with E-state index in [0.717, 1.165) is 12.8 Å². The van der Waals surface area contributed by atoms with Crippen molar-refractivity contribution in [3.63, 3.8) is 0 Å². The molecule has 3 nitrogen and oxygen atoms in total. The summed E-state index contributed by atoms with van der Waals surface area (Å²) in [5.41, 5.74) is 0.599. The van der Waals surface area contributed by atoms with Gasteiger partial charge in [-0.2, -0.15) is 0 Å². The maximum atomic E-state index is 13.0. The van der Waals surface area contributed by atoms with Crippen molar-refractivity contribution in [1.82, 2.24) is 5.32 Å². The summed E-state index contributed by atoms with van der Waals surface area (Å²) in [6.45, 7) is 1.56. The Morgan fingerprint density at radius 2 is 2.06 bits per heavy atom. The van der Waals surface area contributed by atoms with Crippen molar-refractivity contribution in [3.05, 3.63) is 35.1 Å². The molecule has 84 valence electrons. The van der Waals surface area contributed by atoms with Gasteiger partial charge in [-0.05, 0) is 43.5 Å². The van der Waals surface area contributed by atoms with Crippen molar-refractivity contribution in [2.45, 2.75) is 25.8 Å². The molecule has 1 amide bonds. The number of amides is 1. The van der Waals surface area contributed by atoms with Gasteiger partial charge < -0.3 is 5.32 Å². The zero-order chi connectivity index (χ0) is 11.7. The lowest BCUT2D eigenvalue weighted by atomic mass is 10.1. The van der Waals surface area contributed by atoms with Crippen LogP contribution in [0.25, 0.3) is 0 Å². The molecular formula is C12H12FNO2. The Kier molecular flexibility index (Phi) is 2.73. The first-order valence-electron chi connectivity index (χ1n) is 5.19. The molecular weight excluding hydrogens is 209 g/mol. The second-order valence-electron chi connectivity index (χ2n) is 4.04. The summed E-state index contributed by atoms with van der Waals surface area (Å²) in [6.07, 6.45) is 1.86. The van der Waals surface area contributed by atoms with E-state index in [0.29, 0.717) is 5.56 Å². The van der Waals surface area contributed by atoms with E-state index in [4.69, 9.17) is 0 Å². The molecule has 1 aromatic rings. The Morgan fingerprint density at radius 1 is 1.38 bits per heavy atom. The number of rotatable bonds is 3. The Balaban J connectivity index is 2.12. The molecule has 0 aromatic heterocycles. The number of hydrogen-bond donors (Lipinski definition) is 1. The number of ketones is 1. The van der Waals surface area contributed by atoms with Gasteiger partial charge in [-0.25, -0.2) is 4.39 Å². The average Bonchev–Trinajstić information content (AvgIpc) is 3.05. The quantitative estimate of drug-likeness (QED) is 0.622. The van der Waals surface area contributed by atoms with E-state index in [2.05, 4.69) is 5.32 Å². The predicted octanol–water partition coefficient (Wildman–Crippen LogP) is 1.60. The third kappa shape index (κ3) is 2.27. The molecule has 1 fully saturated rings. The number of carbonyl (C=O) groups excluding carboxylic acids is 2. The minimum atomic E-state index is -0.603. The maximum Gasteiger partial charge on any atom is 0.292 e. The van der Waals surface area contributed by atoms with E-state index in [1.807, 2.05) is 0 Å². The monoisotopic (exact) mass is 221 g/mol. The highest BCUT2D eigenvalue weighted by atomic mass is 19.1. The number of nitrogens with one attached hydrogen (secondary N) is 1. The zero-order valence-corrected chi connectivity index (χ0v) is 8.92. The molecule has 1 N–H and O–H groups in total. The Bertz CT molecular complexity index is 452. The van der Waals surface area contributed by atoms with Crippen molar-refractivity contribution in [2.75, 3.05) is 0 Å². The molecule has 1 aliphatic rings. The van der Waals surface area contributed by atoms with Crippen LogP contribution in [0.2, 0.25) is 0 Å². The van der Waals surface area contributed by atoms with Gasteiger partial charge >= 0.3 is 0 Å². The molecule has 0 unspecified atom stereocenters. The molecule has 2 rings (SSSR count). The molecule has 0 spiro atoms. The number of benzene rings is 1. The van der Waals surface area contributed by atoms with Crippen LogP contribution in [0.4, 0.5) is 4.39 Å². The summed E-state index contributed by atoms with van der Waals surface area (Å²) in [4.78, 5) is 23.1. The van der Waals surface area contributed by atoms with E-state index in [1.165, 1.54) is 18.2 Å². The molecule has 4 heteroatoms. The average molecular weight is 221 g/mol. The van der Waals surface area contributed by atoms with Crippen LogP contribution in [0.3, 0.4) is 0 Å². The molecule has 16 heavy (non-hydrogen) atoms. The van der Waals surface area contributed by atoms with E-state index in [-0.39, 0.29) is 17.4 Å². The van der Waals surface area contributed by atoms with E-state index < -0.39 is 11.7 Å². The van der Waals surface area contributed by atoms with Crippen LogP contribution in [0.5, 0.6) is 0 Å². The molecule has 0 saturated heterocycles. The standard InChI is InChI=1S/C12H12FNO2/c1-7-6-8(2-5-10(7)13)11(15)12(16)14-9-3-4-9/h2,5-6,9H,3-4H2,1H3,(H,14,16). The number of carbonyl (C=O) groups is 2. The molecule has 0 heterocycles. The summed E-state index contributed by atoms with van der Waals surface area (Å²) < 4.78 is 13.0.